The third-order valence-electron chi connectivity index (χ3n) is 3.45. The fourth-order valence-corrected chi connectivity index (χ4v) is 2.38. The van der Waals surface area contributed by atoms with Crippen molar-refractivity contribution in [1.29, 1.82) is 0 Å². The Bertz CT molecular complexity index is 465. The van der Waals surface area contributed by atoms with Gasteiger partial charge in [0.05, 0.1) is 4.92 Å². The lowest BCUT2D eigenvalue weighted by atomic mass is 10.0. The summed E-state index contributed by atoms with van der Waals surface area (Å²) in [7, 11) is 0. The number of rotatable bonds is 3. The van der Waals surface area contributed by atoms with E-state index < -0.39 is 10.7 Å². The number of hydrogen-bond acceptors (Lipinski definition) is 4. The molecule has 0 aliphatic carbocycles. The van der Waals surface area contributed by atoms with Crippen LogP contribution in [-0.4, -0.2) is 24.1 Å². The van der Waals surface area contributed by atoms with Gasteiger partial charge in [-0.25, -0.2) is 4.39 Å². The van der Waals surface area contributed by atoms with Crippen molar-refractivity contribution < 1.29 is 9.31 Å². The van der Waals surface area contributed by atoms with E-state index in [0.717, 1.165) is 6.42 Å². The van der Waals surface area contributed by atoms with Crippen LogP contribution in [-0.2, 0) is 0 Å². The summed E-state index contributed by atoms with van der Waals surface area (Å²) >= 11 is 0. The lowest BCUT2D eigenvalue weighted by Gasteiger charge is -2.20. The molecule has 1 heterocycles. The molecule has 2 N–H and O–H groups in total. The van der Waals surface area contributed by atoms with E-state index in [1.54, 1.807) is 4.90 Å². The zero-order chi connectivity index (χ0) is 13.3. The standard InChI is InChI=1S/C12H16FN3O2/c1-8(14)9-5-6-15(7-9)12-10(13)3-2-4-11(12)16(17)18/h2-4,8-9H,5-7,14H2,1H3. The molecule has 2 unspecified atom stereocenters. The van der Waals surface area contributed by atoms with Crippen LogP contribution in [0.25, 0.3) is 0 Å². The summed E-state index contributed by atoms with van der Waals surface area (Å²) < 4.78 is 13.8. The summed E-state index contributed by atoms with van der Waals surface area (Å²) in [4.78, 5) is 12.1. The van der Waals surface area contributed by atoms with Gasteiger partial charge in [-0.15, -0.1) is 0 Å². The van der Waals surface area contributed by atoms with Crippen molar-refractivity contribution >= 4 is 11.4 Å². The number of hydrogen-bond donors (Lipinski definition) is 1. The maximum atomic E-state index is 13.8. The van der Waals surface area contributed by atoms with Crippen LogP contribution < -0.4 is 10.6 Å². The molecule has 0 bridgehead atoms. The first kappa shape index (κ1) is 12.8. The second-order valence-corrected chi connectivity index (χ2v) is 4.72. The van der Waals surface area contributed by atoms with E-state index in [1.807, 2.05) is 6.92 Å². The van der Waals surface area contributed by atoms with E-state index >= 15 is 0 Å². The summed E-state index contributed by atoms with van der Waals surface area (Å²) in [5.41, 5.74) is 5.73. The third-order valence-corrected chi connectivity index (χ3v) is 3.45. The van der Waals surface area contributed by atoms with Crippen molar-refractivity contribution in [2.75, 3.05) is 18.0 Å². The lowest BCUT2D eigenvalue weighted by Crippen LogP contribution is -2.30. The van der Waals surface area contributed by atoms with Crippen molar-refractivity contribution in [2.45, 2.75) is 19.4 Å². The zero-order valence-electron chi connectivity index (χ0n) is 10.2. The smallest absolute Gasteiger partial charge is 0.295 e. The molecule has 98 valence electrons. The second kappa shape index (κ2) is 4.89. The highest BCUT2D eigenvalue weighted by Gasteiger charge is 2.31. The molecule has 2 rings (SSSR count). The molecule has 0 radical (unpaired) electrons. The molecule has 18 heavy (non-hydrogen) atoms. The first-order chi connectivity index (χ1) is 8.50. The molecule has 1 saturated heterocycles. The fraction of sp³-hybridized carbons (Fsp3) is 0.500. The largest absolute Gasteiger partial charge is 0.363 e. The van der Waals surface area contributed by atoms with Gasteiger partial charge >= 0.3 is 0 Å². The maximum Gasteiger partial charge on any atom is 0.295 e. The average Bonchev–Trinajstić information content (AvgIpc) is 2.77. The second-order valence-electron chi connectivity index (χ2n) is 4.72. The Morgan fingerprint density at radius 1 is 1.61 bits per heavy atom. The molecule has 0 spiro atoms. The van der Waals surface area contributed by atoms with Gasteiger partial charge in [0.2, 0.25) is 0 Å². The van der Waals surface area contributed by atoms with E-state index in [4.69, 9.17) is 5.73 Å². The predicted octanol–water partition coefficient (Wildman–Crippen LogP) is 1.91. The lowest BCUT2D eigenvalue weighted by molar-refractivity contribution is -0.384. The average molecular weight is 253 g/mol. The van der Waals surface area contributed by atoms with Gasteiger partial charge < -0.3 is 10.6 Å². The molecule has 6 heteroatoms. The van der Waals surface area contributed by atoms with Crippen LogP contribution in [0, 0.1) is 21.8 Å². The van der Waals surface area contributed by atoms with Crippen molar-refractivity contribution in [3.63, 3.8) is 0 Å². The Balaban J connectivity index is 2.32. The topological polar surface area (TPSA) is 72.4 Å². The number of nitro groups is 1. The van der Waals surface area contributed by atoms with Gasteiger partial charge in [0.15, 0.2) is 11.5 Å². The first-order valence-electron chi connectivity index (χ1n) is 5.94. The van der Waals surface area contributed by atoms with Crippen molar-refractivity contribution in [1.82, 2.24) is 0 Å². The Kier molecular flexibility index (Phi) is 3.47. The molecule has 1 aliphatic heterocycles. The summed E-state index contributed by atoms with van der Waals surface area (Å²) in [6, 6.07) is 3.95. The highest BCUT2D eigenvalue weighted by Crippen LogP contribution is 2.34. The van der Waals surface area contributed by atoms with Crippen LogP contribution in [0.15, 0.2) is 18.2 Å². The van der Waals surface area contributed by atoms with E-state index in [1.165, 1.54) is 18.2 Å². The van der Waals surface area contributed by atoms with Gasteiger partial charge in [0.25, 0.3) is 5.69 Å². The van der Waals surface area contributed by atoms with Gasteiger partial charge in [-0.1, -0.05) is 6.07 Å². The van der Waals surface area contributed by atoms with Gasteiger partial charge in [-0.3, -0.25) is 10.1 Å². The Hall–Kier alpha value is -1.69. The van der Waals surface area contributed by atoms with Crippen LogP contribution in [0.4, 0.5) is 15.8 Å². The van der Waals surface area contributed by atoms with Crippen LogP contribution in [0.3, 0.4) is 0 Å². The normalized spacial score (nSPS) is 21.1. The van der Waals surface area contributed by atoms with Gasteiger partial charge in [-0.2, -0.15) is 0 Å². The van der Waals surface area contributed by atoms with E-state index in [2.05, 4.69) is 0 Å². The van der Waals surface area contributed by atoms with Crippen LogP contribution in [0.1, 0.15) is 13.3 Å². The summed E-state index contributed by atoms with van der Waals surface area (Å²) in [6.07, 6.45) is 0.836. The molecule has 2 atom stereocenters. The predicted molar refractivity (Wildman–Crippen MR) is 67.0 cm³/mol. The first-order valence-corrected chi connectivity index (χ1v) is 5.94. The van der Waals surface area contributed by atoms with Gasteiger partial charge in [0.1, 0.15) is 0 Å². The summed E-state index contributed by atoms with van der Waals surface area (Å²) in [6.45, 7) is 3.08. The minimum atomic E-state index is -0.547. The number of nitrogens with two attached hydrogens (primary N) is 1. The minimum absolute atomic E-state index is 0.0147. The highest BCUT2D eigenvalue weighted by atomic mass is 19.1. The number of benzene rings is 1. The Morgan fingerprint density at radius 3 is 2.89 bits per heavy atom. The van der Waals surface area contributed by atoms with Crippen LogP contribution in [0.5, 0.6) is 0 Å². The minimum Gasteiger partial charge on any atom is -0.363 e. The van der Waals surface area contributed by atoms with Crippen molar-refractivity contribution in [2.24, 2.45) is 11.7 Å². The van der Waals surface area contributed by atoms with E-state index in [9.17, 15) is 14.5 Å². The molecular formula is C12H16FN3O2. The molecule has 1 aromatic rings. The highest BCUT2D eigenvalue weighted by molar-refractivity contribution is 5.64. The van der Waals surface area contributed by atoms with Gasteiger partial charge in [-0.05, 0) is 25.3 Å². The molecule has 5 nitrogen and oxygen atoms in total. The monoisotopic (exact) mass is 253 g/mol. The van der Waals surface area contributed by atoms with E-state index in [0.29, 0.717) is 13.1 Å². The fourth-order valence-electron chi connectivity index (χ4n) is 2.38. The van der Waals surface area contributed by atoms with E-state index in [-0.39, 0.29) is 23.3 Å². The number of nitro benzene ring substituents is 1. The summed E-state index contributed by atoms with van der Waals surface area (Å²) in [5.74, 6) is -0.293. The molecule has 0 aromatic heterocycles. The van der Waals surface area contributed by atoms with Crippen LogP contribution >= 0.6 is 0 Å². The third kappa shape index (κ3) is 2.28. The zero-order valence-corrected chi connectivity index (χ0v) is 10.2. The number of anilines is 1. The number of halogens is 1. The molecule has 1 aromatic carbocycles. The molecule has 0 amide bonds. The van der Waals surface area contributed by atoms with Gasteiger partial charge in [0, 0.05) is 25.2 Å². The SMILES string of the molecule is CC(N)C1CCN(c2c(F)cccc2[N+](=O)[O-])C1. The van der Waals surface area contributed by atoms with Crippen LogP contribution in [0.2, 0.25) is 0 Å². The quantitative estimate of drug-likeness (QED) is 0.659. The number of nitrogens with zero attached hydrogens (tertiary/aromatic N) is 2. The summed E-state index contributed by atoms with van der Waals surface area (Å²) in [5, 5.41) is 10.9. The maximum absolute atomic E-state index is 13.8. The molecule has 1 aliphatic rings. The van der Waals surface area contributed by atoms with Crippen molar-refractivity contribution in [3.05, 3.63) is 34.1 Å². The Morgan fingerprint density at radius 2 is 2.33 bits per heavy atom. The molecule has 0 saturated carbocycles. The number of para-hydroxylation sites is 1. The molecule has 1 fully saturated rings. The van der Waals surface area contributed by atoms with Crippen molar-refractivity contribution in [3.8, 4) is 0 Å². The molecular weight excluding hydrogens is 237 g/mol. The Labute approximate surface area is 105 Å².